The topological polar surface area (TPSA) is 136 Å². The average molecular weight is 414 g/mol. The number of carbonyl (C=O) groups is 1. The molecule has 3 aromatic heterocycles. The predicted molar refractivity (Wildman–Crippen MR) is 111 cm³/mol. The van der Waals surface area contributed by atoms with Crippen LogP contribution in [-0.2, 0) is 12.1 Å². The lowest BCUT2D eigenvalue weighted by Gasteiger charge is -2.23. The molecule has 0 unspecified atom stereocenters. The molecule has 3 aromatic rings. The quantitative estimate of drug-likeness (QED) is 0.629. The van der Waals surface area contributed by atoms with E-state index in [1.807, 2.05) is 20.8 Å². The van der Waals surface area contributed by atoms with E-state index in [0.717, 1.165) is 0 Å². The van der Waals surface area contributed by atoms with Crippen LogP contribution in [0.15, 0.2) is 20.2 Å². The minimum atomic E-state index is -0.951. The van der Waals surface area contributed by atoms with Crippen LogP contribution >= 0.6 is 0 Å². The molecule has 0 aliphatic heterocycles. The molecule has 0 atom stereocenters. The zero-order valence-electron chi connectivity index (χ0n) is 18.0. The molecule has 3 rings (SSSR count). The Hall–Kier alpha value is -3.30. The Bertz CT molecular complexity index is 1220. The first-order chi connectivity index (χ1) is 14.0. The van der Waals surface area contributed by atoms with Crippen LogP contribution in [0.2, 0.25) is 0 Å². The number of H-pyrrole nitrogens is 1. The Morgan fingerprint density at radius 3 is 2.57 bits per heavy atom. The molecule has 0 spiro atoms. The van der Waals surface area contributed by atoms with Gasteiger partial charge in [0.2, 0.25) is 5.89 Å². The molecule has 0 aliphatic rings. The molecular formula is C20H26N6O4. The molecule has 0 radical (unpaired) electrons. The minimum absolute atomic E-state index is 0.0155. The average Bonchev–Trinajstić information content (AvgIpc) is 3.11. The largest absolute Gasteiger partial charge is 0.340 e. The van der Waals surface area contributed by atoms with Crippen LogP contribution in [0.5, 0.6) is 0 Å². The van der Waals surface area contributed by atoms with Gasteiger partial charge in [-0.1, -0.05) is 25.9 Å². The van der Waals surface area contributed by atoms with E-state index in [-0.39, 0.29) is 22.5 Å². The molecule has 0 aromatic carbocycles. The van der Waals surface area contributed by atoms with Crippen molar-refractivity contribution in [2.24, 2.45) is 0 Å². The maximum atomic E-state index is 13.3. The summed E-state index contributed by atoms with van der Waals surface area (Å²) in [5.74, 6) is 0.179. The summed E-state index contributed by atoms with van der Waals surface area (Å²) < 4.78 is 6.41. The Morgan fingerprint density at radius 2 is 2.00 bits per heavy atom. The monoisotopic (exact) mass is 414 g/mol. The van der Waals surface area contributed by atoms with Crippen LogP contribution in [0, 0.1) is 6.92 Å². The zero-order chi connectivity index (χ0) is 22.2. The fourth-order valence-corrected chi connectivity index (χ4v) is 3.16. The van der Waals surface area contributed by atoms with Gasteiger partial charge in [-0.2, -0.15) is 4.98 Å². The number of aromatic nitrogens is 5. The first-order valence-corrected chi connectivity index (χ1v) is 9.86. The number of carbonyl (C=O) groups excluding carboxylic acids is 1. The summed E-state index contributed by atoms with van der Waals surface area (Å²) in [7, 11) is 0. The molecule has 0 bridgehead atoms. The number of fused-ring (bicyclic) bond motifs is 1. The van der Waals surface area contributed by atoms with Crippen LogP contribution in [0.3, 0.4) is 0 Å². The van der Waals surface area contributed by atoms with E-state index in [9.17, 15) is 14.4 Å². The summed E-state index contributed by atoms with van der Waals surface area (Å²) in [5, 5.41) is 6.82. The summed E-state index contributed by atoms with van der Waals surface area (Å²) in [6.45, 7) is 11.3. The Labute approximate surface area is 172 Å². The maximum Gasteiger partial charge on any atom is 0.329 e. The summed E-state index contributed by atoms with van der Waals surface area (Å²) in [6, 6.07) is 1.59. The third kappa shape index (κ3) is 3.89. The van der Waals surface area contributed by atoms with E-state index in [1.165, 1.54) is 4.57 Å². The number of aryl methyl sites for hydroxylation is 2. The Kier molecular flexibility index (Phi) is 5.60. The van der Waals surface area contributed by atoms with Gasteiger partial charge in [-0.05, 0) is 32.3 Å². The van der Waals surface area contributed by atoms with Gasteiger partial charge in [-0.3, -0.25) is 19.1 Å². The van der Waals surface area contributed by atoms with Crippen molar-refractivity contribution in [3.05, 3.63) is 49.9 Å². The van der Waals surface area contributed by atoms with Crippen molar-refractivity contribution in [1.29, 1.82) is 0 Å². The van der Waals surface area contributed by atoms with E-state index >= 15 is 0 Å². The van der Waals surface area contributed by atoms with Crippen molar-refractivity contribution >= 4 is 16.9 Å². The van der Waals surface area contributed by atoms with Crippen molar-refractivity contribution in [3.63, 3.8) is 0 Å². The normalized spacial score (nSPS) is 12.0. The number of pyridine rings is 1. The van der Waals surface area contributed by atoms with E-state index in [2.05, 4.69) is 25.4 Å². The van der Waals surface area contributed by atoms with Gasteiger partial charge in [-0.15, -0.1) is 0 Å². The molecule has 0 saturated carbocycles. The van der Waals surface area contributed by atoms with Crippen LogP contribution < -0.4 is 16.6 Å². The summed E-state index contributed by atoms with van der Waals surface area (Å²) in [4.78, 5) is 49.3. The van der Waals surface area contributed by atoms with Crippen molar-refractivity contribution in [2.75, 3.05) is 0 Å². The highest BCUT2D eigenvalue weighted by molar-refractivity contribution is 6.05. The number of aromatic amines is 1. The van der Waals surface area contributed by atoms with E-state index < -0.39 is 22.7 Å². The molecule has 10 heteroatoms. The Morgan fingerprint density at radius 1 is 1.30 bits per heavy atom. The van der Waals surface area contributed by atoms with Crippen molar-refractivity contribution < 1.29 is 9.32 Å². The molecule has 30 heavy (non-hydrogen) atoms. The number of rotatable bonds is 6. The van der Waals surface area contributed by atoms with Crippen LogP contribution in [0.1, 0.15) is 74.7 Å². The predicted octanol–water partition coefficient (Wildman–Crippen LogP) is 1.97. The molecule has 2 N–H and O–H groups in total. The molecule has 160 valence electrons. The minimum Gasteiger partial charge on any atom is -0.340 e. The smallest absolute Gasteiger partial charge is 0.329 e. The number of hydrogen-bond acceptors (Lipinski definition) is 7. The molecule has 0 fully saturated rings. The lowest BCUT2D eigenvalue weighted by Crippen LogP contribution is -2.42. The van der Waals surface area contributed by atoms with Gasteiger partial charge in [-0.25, -0.2) is 9.78 Å². The van der Waals surface area contributed by atoms with E-state index in [1.54, 1.807) is 26.8 Å². The van der Waals surface area contributed by atoms with Gasteiger partial charge in [0.15, 0.2) is 11.5 Å². The molecule has 3 heterocycles. The van der Waals surface area contributed by atoms with E-state index in [4.69, 9.17) is 4.52 Å². The second-order valence-corrected chi connectivity index (χ2v) is 8.08. The van der Waals surface area contributed by atoms with Crippen molar-refractivity contribution in [3.8, 4) is 0 Å². The van der Waals surface area contributed by atoms with Gasteiger partial charge >= 0.3 is 5.69 Å². The summed E-state index contributed by atoms with van der Waals surface area (Å²) >= 11 is 0. The van der Waals surface area contributed by atoms with Crippen molar-refractivity contribution in [1.82, 2.24) is 30.0 Å². The van der Waals surface area contributed by atoms with Gasteiger partial charge in [0.05, 0.1) is 16.5 Å². The van der Waals surface area contributed by atoms with Gasteiger partial charge in [0.25, 0.3) is 11.5 Å². The van der Waals surface area contributed by atoms with Crippen LogP contribution in [0.4, 0.5) is 0 Å². The maximum absolute atomic E-state index is 13.3. The summed E-state index contributed by atoms with van der Waals surface area (Å²) in [5.41, 5.74) is -1.19. The van der Waals surface area contributed by atoms with Crippen molar-refractivity contribution in [2.45, 2.75) is 66.0 Å². The zero-order valence-corrected chi connectivity index (χ0v) is 18.0. The lowest BCUT2D eigenvalue weighted by molar-refractivity contribution is 0.0909. The SMILES string of the molecule is CCCn1c(=O)[nH]c(=O)c2c(C(=O)NC(C)(C)c3noc(C)n3)cc(C(C)C)nc21. The fraction of sp³-hybridized carbons (Fsp3) is 0.500. The molecule has 10 nitrogen and oxygen atoms in total. The summed E-state index contributed by atoms with van der Waals surface area (Å²) in [6.07, 6.45) is 0.667. The second-order valence-electron chi connectivity index (χ2n) is 8.08. The van der Waals surface area contributed by atoms with E-state index in [0.29, 0.717) is 30.4 Å². The molecule has 0 saturated heterocycles. The van der Waals surface area contributed by atoms with Crippen LogP contribution in [-0.4, -0.2) is 30.6 Å². The Balaban J connectivity index is 2.21. The molecule has 1 amide bonds. The number of nitrogens with zero attached hydrogens (tertiary/aromatic N) is 4. The van der Waals surface area contributed by atoms with Gasteiger partial charge < -0.3 is 9.84 Å². The fourth-order valence-electron chi connectivity index (χ4n) is 3.16. The second kappa shape index (κ2) is 7.85. The highest BCUT2D eigenvalue weighted by atomic mass is 16.5. The van der Waals surface area contributed by atoms with Gasteiger partial charge in [0.1, 0.15) is 0 Å². The van der Waals surface area contributed by atoms with Gasteiger partial charge in [0, 0.05) is 19.2 Å². The third-order valence-electron chi connectivity index (χ3n) is 4.76. The highest BCUT2D eigenvalue weighted by Gasteiger charge is 2.30. The first kappa shape index (κ1) is 21.4. The third-order valence-corrected chi connectivity index (χ3v) is 4.76. The van der Waals surface area contributed by atoms with Crippen LogP contribution in [0.25, 0.3) is 11.0 Å². The number of amides is 1. The number of hydrogen-bond donors (Lipinski definition) is 2. The molecular weight excluding hydrogens is 388 g/mol. The lowest BCUT2D eigenvalue weighted by atomic mass is 10.0. The molecule has 0 aliphatic carbocycles. The standard InChI is InChI=1S/C20H26N6O4/c1-7-8-26-15-14(17(28)23-19(26)29)12(9-13(22-15)10(2)3)16(27)24-20(5,6)18-21-11(4)30-25-18/h9-10H,7-8H2,1-6H3,(H,24,27)(H,23,28,29). The first-order valence-electron chi connectivity index (χ1n) is 9.86. The number of nitrogens with one attached hydrogen (secondary N) is 2. The highest BCUT2D eigenvalue weighted by Crippen LogP contribution is 2.22.